The van der Waals surface area contributed by atoms with E-state index in [0.29, 0.717) is 18.3 Å². The number of hydrogen-bond acceptors (Lipinski definition) is 3. The number of hydrogen-bond donors (Lipinski definition) is 1. The Bertz CT molecular complexity index is 586. The monoisotopic (exact) mass is 346 g/mol. The van der Waals surface area contributed by atoms with Crippen LogP contribution in [-0.4, -0.2) is 23.3 Å². The fourth-order valence-electron chi connectivity index (χ4n) is 5.53. The standard InChI is InChI=1S/C22H34O3/c1-8-14(2)9-11-17-15(3)10-12-19-21(5,6)20(25-16(4)23)18(24)13-22(17,19)7/h8-9,17-20,24H,1,3,10-13H2,2,4-7H3/b14-9-/t17-,18+,19-,20-,22+/m1/s1. The van der Waals surface area contributed by atoms with Crippen LogP contribution in [-0.2, 0) is 9.53 Å². The molecular weight excluding hydrogens is 312 g/mol. The first kappa shape index (κ1) is 20.0. The van der Waals surface area contributed by atoms with Crippen LogP contribution in [0.1, 0.15) is 60.3 Å². The van der Waals surface area contributed by atoms with Crippen LogP contribution in [0.25, 0.3) is 0 Å². The van der Waals surface area contributed by atoms with E-state index in [1.54, 1.807) is 0 Å². The number of allylic oxidation sites excluding steroid dienone is 4. The summed E-state index contributed by atoms with van der Waals surface area (Å²) in [6.45, 7) is 18.2. The third kappa shape index (κ3) is 3.62. The van der Waals surface area contributed by atoms with Crippen molar-refractivity contribution in [3.8, 4) is 0 Å². The highest BCUT2D eigenvalue weighted by Crippen LogP contribution is 2.62. The van der Waals surface area contributed by atoms with Gasteiger partial charge in [0.2, 0.25) is 0 Å². The molecule has 0 aromatic heterocycles. The summed E-state index contributed by atoms with van der Waals surface area (Å²) in [5.74, 6) is 0.385. The molecule has 0 bridgehead atoms. The minimum atomic E-state index is -0.641. The van der Waals surface area contributed by atoms with Gasteiger partial charge in [0.15, 0.2) is 0 Å². The second kappa shape index (κ2) is 7.11. The fourth-order valence-corrected chi connectivity index (χ4v) is 5.53. The van der Waals surface area contributed by atoms with Crippen LogP contribution >= 0.6 is 0 Å². The zero-order valence-corrected chi connectivity index (χ0v) is 16.5. The Morgan fingerprint density at radius 3 is 2.56 bits per heavy atom. The lowest BCUT2D eigenvalue weighted by Gasteiger charge is -2.61. The summed E-state index contributed by atoms with van der Waals surface area (Å²) in [5.41, 5.74) is 2.13. The molecule has 0 aromatic rings. The van der Waals surface area contributed by atoms with Gasteiger partial charge in [-0.1, -0.05) is 57.2 Å². The molecular formula is C22H34O3. The predicted octanol–water partition coefficient (Wildman–Crippen LogP) is 4.82. The van der Waals surface area contributed by atoms with Gasteiger partial charge in [0.1, 0.15) is 6.10 Å². The van der Waals surface area contributed by atoms with Crippen LogP contribution in [0, 0.1) is 22.7 Å². The van der Waals surface area contributed by atoms with Gasteiger partial charge in [-0.3, -0.25) is 4.79 Å². The van der Waals surface area contributed by atoms with Crippen molar-refractivity contribution in [3.63, 3.8) is 0 Å². The SMILES string of the molecule is C=C/C(C)=C\C[C@@H]1C(=C)CC[C@@H]2C(C)(C)[C@H](OC(C)=O)[C@@H](O)C[C@@]12C. The molecule has 2 saturated carbocycles. The van der Waals surface area contributed by atoms with Crippen molar-refractivity contribution in [2.75, 3.05) is 0 Å². The van der Waals surface area contributed by atoms with Crippen molar-refractivity contribution in [3.05, 3.63) is 36.5 Å². The van der Waals surface area contributed by atoms with Gasteiger partial charge in [-0.25, -0.2) is 0 Å². The Morgan fingerprint density at radius 2 is 2.00 bits per heavy atom. The summed E-state index contributed by atoms with van der Waals surface area (Å²) in [5, 5.41) is 10.8. The molecule has 0 radical (unpaired) electrons. The molecule has 140 valence electrons. The second-order valence-corrected chi connectivity index (χ2v) is 8.82. The van der Waals surface area contributed by atoms with Crippen molar-refractivity contribution >= 4 is 5.97 Å². The molecule has 2 fully saturated rings. The minimum absolute atomic E-state index is 0.0488. The average molecular weight is 347 g/mol. The Balaban J connectivity index is 2.38. The minimum Gasteiger partial charge on any atom is -0.459 e. The van der Waals surface area contributed by atoms with Crippen molar-refractivity contribution in [1.82, 2.24) is 0 Å². The smallest absolute Gasteiger partial charge is 0.303 e. The van der Waals surface area contributed by atoms with E-state index in [1.807, 2.05) is 6.08 Å². The van der Waals surface area contributed by atoms with Gasteiger partial charge in [-0.05, 0) is 49.9 Å². The Labute approximate surface area is 152 Å². The number of carbonyl (C=O) groups excluding carboxylic acids is 1. The van der Waals surface area contributed by atoms with Gasteiger partial charge in [-0.15, -0.1) is 0 Å². The molecule has 0 aliphatic heterocycles. The molecule has 0 aromatic carbocycles. The van der Waals surface area contributed by atoms with Gasteiger partial charge in [0.25, 0.3) is 0 Å². The van der Waals surface area contributed by atoms with Crippen molar-refractivity contribution in [2.24, 2.45) is 22.7 Å². The average Bonchev–Trinajstić information content (AvgIpc) is 2.49. The number of aliphatic hydroxyl groups excluding tert-OH is 1. The van der Waals surface area contributed by atoms with Crippen molar-refractivity contribution in [2.45, 2.75) is 72.5 Å². The van der Waals surface area contributed by atoms with Crippen LogP contribution in [0.5, 0.6) is 0 Å². The van der Waals surface area contributed by atoms with E-state index in [-0.39, 0.29) is 16.8 Å². The second-order valence-electron chi connectivity index (χ2n) is 8.82. The highest BCUT2D eigenvalue weighted by Gasteiger charge is 2.59. The zero-order chi connectivity index (χ0) is 19.0. The quantitative estimate of drug-likeness (QED) is 0.451. The molecule has 0 saturated heterocycles. The van der Waals surface area contributed by atoms with E-state index < -0.39 is 12.2 Å². The lowest BCUT2D eigenvalue weighted by Crippen LogP contribution is -2.61. The molecule has 2 rings (SSSR count). The number of fused-ring (bicyclic) bond motifs is 1. The Kier molecular flexibility index (Phi) is 5.68. The maximum absolute atomic E-state index is 11.5. The number of carbonyl (C=O) groups is 1. The van der Waals surface area contributed by atoms with Crippen LogP contribution in [0.2, 0.25) is 0 Å². The van der Waals surface area contributed by atoms with Crippen LogP contribution in [0.4, 0.5) is 0 Å². The molecule has 3 heteroatoms. The Morgan fingerprint density at radius 1 is 1.36 bits per heavy atom. The third-order valence-corrected chi connectivity index (χ3v) is 6.76. The van der Waals surface area contributed by atoms with Gasteiger partial charge in [0.05, 0.1) is 6.10 Å². The molecule has 1 N–H and O–H groups in total. The largest absolute Gasteiger partial charge is 0.459 e. The fraction of sp³-hybridized carbons (Fsp3) is 0.682. The maximum atomic E-state index is 11.5. The summed E-state index contributed by atoms with van der Waals surface area (Å²) in [4.78, 5) is 11.5. The summed E-state index contributed by atoms with van der Waals surface area (Å²) in [6, 6.07) is 0. The van der Waals surface area contributed by atoms with E-state index >= 15 is 0 Å². The number of rotatable bonds is 4. The topological polar surface area (TPSA) is 46.5 Å². The molecule has 5 atom stereocenters. The number of esters is 1. The molecule has 0 heterocycles. The third-order valence-electron chi connectivity index (χ3n) is 6.76. The summed E-state index contributed by atoms with van der Waals surface area (Å²) in [7, 11) is 0. The van der Waals surface area contributed by atoms with E-state index in [0.717, 1.165) is 19.3 Å². The highest BCUT2D eigenvalue weighted by molar-refractivity contribution is 5.66. The zero-order valence-electron chi connectivity index (χ0n) is 16.5. The van der Waals surface area contributed by atoms with Crippen molar-refractivity contribution in [1.29, 1.82) is 0 Å². The molecule has 0 spiro atoms. The van der Waals surface area contributed by atoms with Gasteiger partial charge in [0, 0.05) is 12.3 Å². The molecule has 2 aliphatic carbocycles. The molecule has 25 heavy (non-hydrogen) atoms. The number of ether oxygens (including phenoxy) is 1. The first-order valence-electron chi connectivity index (χ1n) is 9.36. The van der Waals surface area contributed by atoms with E-state index in [4.69, 9.17) is 4.74 Å². The van der Waals surface area contributed by atoms with Gasteiger partial charge >= 0.3 is 5.97 Å². The van der Waals surface area contributed by atoms with Crippen LogP contribution in [0.3, 0.4) is 0 Å². The predicted molar refractivity (Wildman–Crippen MR) is 102 cm³/mol. The van der Waals surface area contributed by atoms with Crippen LogP contribution < -0.4 is 0 Å². The lowest BCUT2D eigenvalue weighted by atomic mass is 9.46. The summed E-state index contributed by atoms with van der Waals surface area (Å²) in [6.07, 6.45) is 6.62. The first-order chi connectivity index (χ1) is 11.5. The summed E-state index contributed by atoms with van der Waals surface area (Å²) < 4.78 is 5.55. The Hall–Kier alpha value is -1.35. The van der Waals surface area contributed by atoms with E-state index in [2.05, 4.69) is 46.9 Å². The van der Waals surface area contributed by atoms with E-state index in [1.165, 1.54) is 18.1 Å². The van der Waals surface area contributed by atoms with Crippen LogP contribution in [0.15, 0.2) is 36.5 Å². The number of aliphatic hydroxyl groups is 1. The maximum Gasteiger partial charge on any atom is 0.303 e. The molecule has 3 nitrogen and oxygen atoms in total. The molecule has 0 unspecified atom stereocenters. The molecule has 0 amide bonds. The van der Waals surface area contributed by atoms with Crippen molar-refractivity contribution < 1.29 is 14.6 Å². The lowest BCUT2D eigenvalue weighted by molar-refractivity contribution is -0.203. The highest BCUT2D eigenvalue weighted by atomic mass is 16.6. The van der Waals surface area contributed by atoms with Gasteiger partial charge < -0.3 is 9.84 Å². The molecule has 2 aliphatic rings. The summed E-state index contributed by atoms with van der Waals surface area (Å²) >= 11 is 0. The normalized spacial score (nSPS) is 38.0. The van der Waals surface area contributed by atoms with E-state index in [9.17, 15) is 9.90 Å². The van der Waals surface area contributed by atoms with Gasteiger partial charge in [-0.2, -0.15) is 0 Å². The first-order valence-corrected chi connectivity index (χ1v) is 9.36.